The summed E-state index contributed by atoms with van der Waals surface area (Å²) < 4.78 is 4.67. The quantitative estimate of drug-likeness (QED) is 0.213. The number of hydrogen-bond donors (Lipinski definition) is 1. The van der Waals surface area contributed by atoms with Crippen molar-refractivity contribution >= 4 is 12.0 Å². The second-order valence-corrected chi connectivity index (χ2v) is 8.81. The minimum atomic E-state index is -0.374. The van der Waals surface area contributed by atoms with Gasteiger partial charge in [-0.15, -0.1) is 0 Å². The minimum absolute atomic E-state index is 0.374. The number of hydrogen-bond acceptors (Lipinski definition) is 4. The van der Waals surface area contributed by atoms with Crippen LogP contribution in [0, 0.1) is 6.92 Å². The zero-order valence-corrected chi connectivity index (χ0v) is 21.4. The second kappa shape index (κ2) is 11.6. The van der Waals surface area contributed by atoms with Gasteiger partial charge in [0.15, 0.2) is 0 Å². The van der Waals surface area contributed by atoms with Crippen molar-refractivity contribution in [3.8, 4) is 33.9 Å². The van der Waals surface area contributed by atoms with Crippen molar-refractivity contribution in [2.45, 2.75) is 27.3 Å². The van der Waals surface area contributed by atoms with E-state index in [1.54, 1.807) is 6.08 Å². The summed E-state index contributed by atoms with van der Waals surface area (Å²) in [5.41, 5.74) is 8.51. The molecule has 36 heavy (non-hydrogen) atoms. The number of carbonyl (C=O) groups excluding carboxylic acids is 1. The number of H-pyrrole nitrogens is 1. The highest BCUT2D eigenvalue weighted by atomic mass is 16.5. The topological polar surface area (TPSA) is 58.2 Å². The normalized spacial score (nSPS) is 11.4. The van der Waals surface area contributed by atoms with Crippen LogP contribution < -0.4 is 0 Å². The molecule has 0 aliphatic carbocycles. The summed E-state index contributed by atoms with van der Waals surface area (Å²) in [5, 5.41) is 0. The molecule has 0 aliphatic rings. The van der Waals surface area contributed by atoms with E-state index < -0.39 is 0 Å². The molecule has 0 fully saturated rings. The Bertz CT molecular complexity index is 1310. The number of nitrogens with one attached hydrogen (secondary N) is 1. The largest absolute Gasteiger partial charge is 0.466 e. The zero-order chi connectivity index (χ0) is 25.5. The Morgan fingerprint density at radius 2 is 1.50 bits per heavy atom. The number of benzene rings is 3. The lowest BCUT2D eigenvalue weighted by atomic mass is 10.0. The minimum Gasteiger partial charge on any atom is -0.466 e. The number of nitrogens with zero attached hydrogens (tertiary/aromatic N) is 2. The highest BCUT2D eigenvalue weighted by Crippen LogP contribution is 2.33. The van der Waals surface area contributed by atoms with Gasteiger partial charge in [0, 0.05) is 29.3 Å². The maximum atomic E-state index is 11.4. The third kappa shape index (κ3) is 5.99. The van der Waals surface area contributed by atoms with E-state index >= 15 is 0 Å². The van der Waals surface area contributed by atoms with Crippen LogP contribution >= 0.6 is 0 Å². The van der Waals surface area contributed by atoms with Gasteiger partial charge in [0.1, 0.15) is 5.82 Å². The van der Waals surface area contributed by atoms with Gasteiger partial charge < -0.3 is 9.72 Å². The molecule has 3 aromatic carbocycles. The lowest BCUT2D eigenvalue weighted by Gasteiger charge is -2.18. The lowest BCUT2D eigenvalue weighted by Crippen LogP contribution is -2.21. The Morgan fingerprint density at radius 3 is 2.11 bits per heavy atom. The van der Waals surface area contributed by atoms with E-state index in [0.717, 1.165) is 59.1 Å². The maximum Gasteiger partial charge on any atom is 0.330 e. The molecule has 0 aliphatic heterocycles. The first-order chi connectivity index (χ1) is 17.5. The Labute approximate surface area is 213 Å². The van der Waals surface area contributed by atoms with Crippen molar-refractivity contribution in [1.82, 2.24) is 14.9 Å². The molecule has 0 spiro atoms. The van der Waals surface area contributed by atoms with E-state index in [1.807, 2.05) is 24.3 Å². The number of rotatable bonds is 9. The summed E-state index contributed by atoms with van der Waals surface area (Å²) in [6, 6.07) is 25.2. The van der Waals surface area contributed by atoms with Crippen molar-refractivity contribution in [3.63, 3.8) is 0 Å². The maximum absolute atomic E-state index is 11.4. The molecule has 1 aromatic heterocycles. The first-order valence-corrected chi connectivity index (χ1v) is 12.4. The van der Waals surface area contributed by atoms with Gasteiger partial charge in [-0.2, -0.15) is 0 Å². The zero-order valence-electron chi connectivity index (χ0n) is 21.4. The number of imidazole rings is 1. The predicted octanol–water partition coefficient (Wildman–Crippen LogP) is 6.75. The van der Waals surface area contributed by atoms with Gasteiger partial charge in [-0.05, 0) is 37.2 Å². The van der Waals surface area contributed by atoms with Crippen LogP contribution in [0.15, 0.2) is 78.9 Å². The molecule has 1 heterocycles. The molecular weight excluding hydrogens is 446 g/mol. The van der Waals surface area contributed by atoms with E-state index in [4.69, 9.17) is 4.98 Å². The van der Waals surface area contributed by atoms with Crippen LogP contribution in [0.2, 0.25) is 0 Å². The molecule has 5 nitrogen and oxygen atoms in total. The van der Waals surface area contributed by atoms with Crippen LogP contribution in [0.25, 0.3) is 40.0 Å². The molecule has 0 amide bonds. The summed E-state index contributed by atoms with van der Waals surface area (Å²) in [5.74, 6) is 0.428. The molecule has 0 saturated carbocycles. The van der Waals surface area contributed by atoms with E-state index in [2.05, 4.69) is 83.9 Å². The molecule has 0 atom stereocenters. The fourth-order valence-corrected chi connectivity index (χ4v) is 4.11. The molecule has 0 bridgehead atoms. The van der Waals surface area contributed by atoms with Crippen molar-refractivity contribution in [3.05, 3.63) is 95.6 Å². The lowest BCUT2D eigenvalue weighted by molar-refractivity contribution is -0.134. The summed E-state index contributed by atoms with van der Waals surface area (Å²) in [6.45, 7) is 9.50. The number of esters is 1. The van der Waals surface area contributed by atoms with Gasteiger partial charge in [-0.25, -0.2) is 9.78 Å². The van der Waals surface area contributed by atoms with Crippen LogP contribution in [0.3, 0.4) is 0 Å². The predicted molar refractivity (Wildman–Crippen MR) is 147 cm³/mol. The number of methoxy groups -OCH3 is 1. The second-order valence-electron chi connectivity index (χ2n) is 8.81. The average molecular weight is 480 g/mol. The van der Waals surface area contributed by atoms with Gasteiger partial charge in [-0.1, -0.05) is 92.2 Å². The molecule has 0 saturated heterocycles. The van der Waals surface area contributed by atoms with Gasteiger partial charge in [-0.3, -0.25) is 4.90 Å². The third-order valence-corrected chi connectivity index (χ3v) is 6.37. The summed E-state index contributed by atoms with van der Waals surface area (Å²) in [4.78, 5) is 22.4. The van der Waals surface area contributed by atoms with Crippen LogP contribution in [0.1, 0.15) is 30.5 Å². The highest BCUT2D eigenvalue weighted by Gasteiger charge is 2.16. The third-order valence-electron chi connectivity index (χ3n) is 6.37. The van der Waals surface area contributed by atoms with E-state index in [0.29, 0.717) is 0 Å². The van der Waals surface area contributed by atoms with Gasteiger partial charge in [0.2, 0.25) is 0 Å². The summed E-state index contributed by atoms with van der Waals surface area (Å²) in [6.07, 6.45) is 3.15. The molecule has 1 N–H and O–H groups in total. The average Bonchev–Trinajstić information content (AvgIpc) is 3.37. The van der Waals surface area contributed by atoms with Crippen molar-refractivity contribution in [2.75, 3.05) is 20.2 Å². The molecule has 4 aromatic rings. The van der Waals surface area contributed by atoms with Crippen molar-refractivity contribution < 1.29 is 9.53 Å². The Balaban J connectivity index is 1.69. The Morgan fingerprint density at radius 1 is 0.889 bits per heavy atom. The number of aryl methyl sites for hydroxylation is 1. The molecule has 4 rings (SSSR count). The first kappa shape index (κ1) is 25.1. The number of aromatic nitrogens is 2. The van der Waals surface area contributed by atoms with Gasteiger partial charge >= 0.3 is 5.97 Å². The molecule has 184 valence electrons. The van der Waals surface area contributed by atoms with E-state index in [9.17, 15) is 4.79 Å². The fraction of sp³-hybridized carbons (Fsp3) is 0.226. The first-order valence-electron chi connectivity index (χ1n) is 12.4. The monoisotopic (exact) mass is 479 g/mol. The Kier molecular flexibility index (Phi) is 8.13. The molecule has 0 radical (unpaired) electrons. The number of carbonyl (C=O) groups is 1. The van der Waals surface area contributed by atoms with Gasteiger partial charge in [0.05, 0.1) is 18.5 Å². The molecular formula is C31H33N3O2. The number of aromatic amines is 1. The summed E-state index contributed by atoms with van der Waals surface area (Å²) in [7, 11) is 1.37. The SMILES string of the molecule is CCN(CC)Cc1ccc(-c2[nH]c(-c3ccc(/C=C/C(=O)OC)cc3)nc2-c2ccc(C)cc2)cc1. The molecule has 0 unspecified atom stereocenters. The standard InChI is InChI=1S/C31H33N3O2/c1-5-34(6-2)21-24-11-16-26(17-12-24)30-29(25-14-7-22(3)8-15-25)32-31(33-30)27-18-9-23(10-19-27)13-20-28(35)36-4/h7-20H,5-6,21H2,1-4H3,(H,32,33)/b20-13+. The van der Waals surface area contributed by atoms with Crippen LogP contribution in [0.4, 0.5) is 0 Å². The number of ether oxygens (including phenoxy) is 1. The fourth-order valence-electron chi connectivity index (χ4n) is 4.11. The smallest absolute Gasteiger partial charge is 0.330 e. The van der Waals surface area contributed by atoms with Crippen LogP contribution in [-0.4, -0.2) is 41.0 Å². The van der Waals surface area contributed by atoms with E-state index in [-0.39, 0.29) is 5.97 Å². The van der Waals surface area contributed by atoms with E-state index in [1.165, 1.54) is 24.3 Å². The highest BCUT2D eigenvalue weighted by molar-refractivity contribution is 5.87. The van der Waals surface area contributed by atoms with Crippen molar-refractivity contribution in [2.24, 2.45) is 0 Å². The summed E-state index contributed by atoms with van der Waals surface area (Å²) >= 11 is 0. The van der Waals surface area contributed by atoms with Gasteiger partial charge in [0.25, 0.3) is 0 Å². The van der Waals surface area contributed by atoms with Crippen LogP contribution in [-0.2, 0) is 16.1 Å². The van der Waals surface area contributed by atoms with Crippen molar-refractivity contribution in [1.29, 1.82) is 0 Å². The molecule has 5 heteroatoms. The van der Waals surface area contributed by atoms with Crippen LogP contribution in [0.5, 0.6) is 0 Å². The Hall–Kier alpha value is -3.96.